The van der Waals surface area contributed by atoms with Crippen LogP contribution in [-0.2, 0) is 4.79 Å². The van der Waals surface area contributed by atoms with E-state index in [1.807, 2.05) is 0 Å². The van der Waals surface area contributed by atoms with Gasteiger partial charge in [-0.3, -0.25) is 4.79 Å². The van der Waals surface area contributed by atoms with Gasteiger partial charge in [0.25, 0.3) is 0 Å². The molecule has 3 heteroatoms. The van der Waals surface area contributed by atoms with Crippen LogP contribution in [0.25, 0.3) is 0 Å². The number of unbranched alkanes of at least 4 members (excludes halogenated alkanes) is 2. The molecular weight excluding hydrogens is 214 g/mol. The molecule has 1 aliphatic rings. The van der Waals surface area contributed by atoms with Crippen LogP contribution in [-0.4, -0.2) is 35.6 Å². The average molecular weight is 241 g/mol. The summed E-state index contributed by atoms with van der Waals surface area (Å²) in [6.45, 7) is 7.84. The normalized spacial score (nSPS) is 23.5. The quantitative estimate of drug-likeness (QED) is 0.697. The predicted octanol–water partition coefficient (Wildman–Crippen LogP) is 3.00. The molecule has 0 saturated carbocycles. The highest BCUT2D eigenvalue weighted by atomic mass is 16.4. The van der Waals surface area contributed by atoms with Gasteiger partial charge in [0.15, 0.2) is 0 Å². The van der Waals surface area contributed by atoms with E-state index in [0.29, 0.717) is 18.3 Å². The van der Waals surface area contributed by atoms with Crippen molar-refractivity contribution >= 4 is 5.97 Å². The molecule has 1 heterocycles. The van der Waals surface area contributed by atoms with Crippen molar-refractivity contribution in [1.29, 1.82) is 0 Å². The third-order valence-corrected chi connectivity index (χ3v) is 3.92. The summed E-state index contributed by atoms with van der Waals surface area (Å²) < 4.78 is 0. The lowest BCUT2D eigenvalue weighted by atomic mass is 9.84. The molecule has 100 valence electrons. The summed E-state index contributed by atoms with van der Waals surface area (Å²) in [4.78, 5) is 13.3. The summed E-state index contributed by atoms with van der Waals surface area (Å²) >= 11 is 0. The van der Waals surface area contributed by atoms with Crippen LogP contribution < -0.4 is 0 Å². The standard InChI is InChI=1S/C14H27NO2/c1-3-4-5-8-15-9-6-7-13(11-15)12(2)10-14(16)17/h12-13H,3-11H2,1-2H3,(H,16,17). The lowest BCUT2D eigenvalue weighted by molar-refractivity contribution is -0.138. The van der Waals surface area contributed by atoms with Gasteiger partial charge >= 0.3 is 5.97 Å². The number of hydrogen-bond acceptors (Lipinski definition) is 2. The molecule has 0 spiro atoms. The second-order valence-corrected chi connectivity index (χ2v) is 5.49. The summed E-state index contributed by atoms with van der Waals surface area (Å²) in [5.41, 5.74) is 0. The number of piperidine rings is 1. The van der Waals surface area contributed by atoms with Gasteiger partial charge in [0.1, 0.15) is 0 Å². The van der Waals surface area contributed by atoms with Gasteiger partial charge < -0.3 is 10.0 Å². The Morgan fingerprint density at radius 3 is 2.88 bits per heavy atom. The third kappa shape index (κ3) is 5.53. The largest absolute Gasteiger partial charge is 0.481 e. The summed E-state index contributed by atoms with van der Waals surface area (Å²) in [7, 11) is 0. The zero-order valence-corrected chi connectivity index (χ0v) is 11.3. The molecule has 1 rings (SSSR count). The number of carbonyl (C=O) groups is 1. The molecule has 0 radical (unpaired) electrons. The van der Waals surface area contributed by atoms with E-state index in [4.69, 9.17) is 5.11 Å². The highest BCUT2D eigenvalue weighted by Gasteiger charge is 2.25. The van der Waals surface area contributed by atoms with Gasteiger partial charge in [-0.1, -0.05) is 26.7 Å². The van der Waals surface area contributed by atoms with E-state index >= 15 is 0 Å². The maximum Gasteiger partial charge on any atom is 0.303 e. The Hall–Kier alpha value is -0.570. The first-order chi connectivity index (χ1) is 8.13. The number of nitrogens with zero attached hydrogens (tertiary/aromatic N) is 1. The zero-order valence-electron chi connectivity index (χ0n) is 11.3. The lowest BCUT2D eigenvalue weighted by Gasteiger charge is -2.35. The molecule has 2 atom stereocenters. The molecule has 0 aromatic carbocycles. The van der Waals surface area contributed by atoms with E-state index in [1.165, 1.54) is 45.2 Å². The van der Waals surface area contributed by atoms with Crippen molar-refractivity contribution in [3.63, 3.8) is 0 Å². The molecule has 0 bridgehead atoms. The average Bonchev–Trinajstić information content (AvgIpc) is 2.29. The fraction of sp³-hybridized carbons (Fsp3) is 0.929. The minimum Gasteiger partial charge on any atom is -0.481 e. The molecule has 3 nitrogen and oxygen atoms in total. The second-order valence-electron chi connectivity index (χ2n) is 5.49. The van der Waals surface area contributed by atoms with Crippen molar-refractivity contribution in [1.82, 2.24) is 4.90 Å². The topological polar surface area (TPSA) is 40.5 Å². The van der Waals surface area contributed by atoms with E-state index in [2.05, 4.69) is 18.7 Å². The highest BCUT2D eigenvalue weighted by Crippen LogP contribution is 2.26. The smallest absolute Gasteiger partial charge is 0.303 e. The van der Waals surface area contributed by atoms with Crippen LogP contribution in [0.4, 0.5) is 0 Å². The van der Waals surface area contributed by atoms with Crippen LogP contribution in [0, 0.1) is 11.8 Å². The van der Waals surface area contributed by atoms with Crippen LogP contribution in [0.5, 0.6) is 0 Å². The van der Waals surface area contributed by atoms with Gasteiger partial charge in [-0.15, -0.1) is 0 Å². The van der Waals surface area contributed by atoms with E-state index in [0.717, 1.165) is 6.54 Å². The Morgan fingerprint density at radius 1 is 1.47 bits per heavy atom. The third-order valence-electron chi connectivity index (χ3n) is 3.92. The van der Waals surface area contributed by atoms with Crippen molar-refractivity contribution in [2.24, 2.45) is 11.8 Å². The van der Waals surface area contributed by atoms with Gasteiger partial charge in [0, 0.05) is 13.0 Å². The molecule has 1 fully saturated rings. The van der Waals surface area contributed by atoms with Crippen molar-refractivity contribution in [2.45, 2.75) is 52.4 Å². The van der Waals surface area contributed by atoms with Crippen molar-refractivity contribution in [3.8, 4) is 0 Å². The molecule has 0 aromatic heterocycles. The molecule has 1 saturated heterocycles. The number of carboxylic acids is 1. The number of carboxylic acid groups (broad SMARTS) is 1. The van der Waals surface area contributed by atoms with Crippen LogP contribution >= 0.6 is 0 Å². The number of likely N-dealkylation sites (tertiary alicyclic amines) is 1. The summed E-state index contributed by atoms with van der Waals surface area (Å²) in [5, 5.41) is 8.84. The summed E-state index contributed by atoms with van der Waals surface area (Å²) in [6, 6.07) is 0. The first-order valence-electron chi connectivity index (χ1n) is 7.07. The summed E-state index contributed by atoms with van der Waals surface area (Å²) in [5.74, 6) is 0.253. The van der Waals surface area contributed by atoms with Crippen LogP contribution in [0.15, 0.2) is 0 Å². The first kappa shape index (κ1) is 14.5. The van der Waals surface area contributed by atoms with E-state index in [-0.39, 0.29) is 0 Å². The van der Waals surface area contributed by atoms with Gasteiger partial charge in [-0.25, -0.2) is 0 Å². The van der Waals surface area contributed by atoms with Gasteiger partial charge in [0.2, 0.25) is 0 Å². The maximum atomic E-state index is 10.7. The second kappa shape index (κ2) is 7.70. The monoisotopic (exact) mass is 241 g/mol. The molecule has 0 aliphatic carbocycles. The molecule has 0 aromatic rings. The zero-order chi connectivity index (χ0) is 12.7. The van der Waals surface area contributed by atoms with Crippen LogP contribution in [0.3, 0.4) is 0 Å². The molecule has 1 N–H and O–H groups in total. The van der Waals surface area contributed by atoms with Crippen LogP contribution in [0.1, 0.15) is 52.4 Å². The SMILES string of the molecule is CCCCCN1CCCC(C(C)CC(=O)O)C1. The van der Waals surface area contributed by atoms with E-state index in [9.17, 15) is 4.79 Å². The van der Waals surface area contributed by atoms with E-state index in [1.54, 1.807) is 0 Å². The fourth-order valence-electron chi connectivity index (χ4n) is 2.79. The number of hydrogen-bond donors (Lipinski definition) is 1. The molecule has 2 unspecified atom stereocenters. The highest BCUT2D eigenvalue weighted by molar-refractivity contribution is 5.66. The van der Waals surface area contributed by atoms with Gasteiger partial charge in [-0.05, 0) is 44.2 Å². The van der Waals surface area contributed by atoms with Gasteiger partial charge in [-0.2, -0.15) is 0 Å². The Kier molecular flexibility index (Phi) is 6.56. The Morgan fingerprint density at radius 2 is 2.24 bits per heavy atom. The molecular formula is C14H27NO2. The predicted molar refractivity (Wildman–Crippen MR) is 70.1 cm³/mol. The summed E-state index contributed by atoms with van der Waals surface area (Å²) in [6.07, 6.45) is 6.64. The van der Waals surface area contributed by atoms with Crippen molar-refractivity contribution < 1.29 is 9.90 Å². The number of rotatable bonds is 7. The van der Waals surface area contributed by atoms with Crippen LogP contribution in [0.2, 0.25) is 0 Å². The lowest BCUT2D eigenvalue weighted by Crippen LogP contribution is -2.38. The molecule has 1 aliphatic heterocycles. The Balaban J connectivity index is 2.29. The van der Waals surface area contributed by atoms with E-state index < -0.39 is 5.97 Å². The molecule has 17 heavy (non-hydrogen) atoms. The maximum absolute atomic E-state index is 10.7. The fourth-order valence-corrected chi connectivity index (χ4v) is 2.79. The Labute approximate surface area is 105 Å². The van der Waals surface area contributed by atoms with Crippen molar-refractivity contribution in [3.05, 3.63) is 0 Å². The first-order valence-corrected chi connectivity index (χ1v) is 7.07. The minimum absolute atomic E-state index is 0.321. The minimum atomic E-state index is -0.652. The van der Waals surface area contributed by atoms with Crippen molar-refractivity contribution in [2.75, 3.05) is 19.6 Å². The molecule has 0 amide bonds. The van der Waals surface area contributed by atoms with Gasteiger partial charge in [0.05, 0.1) is 0 Å². The Bertz CT molecular complexity index is 230. The number of aliphatic carboxylic acids is 1.